The Morgan fingerprint density at radius 3 is 2.76 bits per heavy atom. The highest BCUT2D eigenvalue weighted by atomic mass is 19.2. The van der Waals surface area contributed by atoms with E-state index >= 15 is 0 Å². The predicted molar refractivity (Wildman–Crippen MR) is 73.1 cm³/mol. The molecule has 0 radical (unpaired) electrons. The summed E-state index contributed by atoms with van der Waals surface area (Å²) in [6, 6.07) is 1.89. The molecule has 0 spiro atoms. The third-order valence-corrected chi connectivity index (χ3v) is 3.73. The second-order valence-corrected chi connectivity index (χ2v) is 5.44. The van der Waals surface area contributed by atoms with E-state index < -0.39 is 23.4 Å². The molecule has 3 N–H and O–H groups in total. The number of piperidine rings is 1. The first-order valence-corrected chi connectivity index (χ1v) is 6.79. The average Bonchev–Trinajstić information content (AvgIpc) is 2.44. The van der Waals surface area contributed by atoms with Crippen LogP contribution in [0, 0.1) is 23.4 Å². The second-order valence-electron chi connectivity index (χ2n) is 5.44. The molecular weight excluding hydrogens is 283 g/mol. The minimum Gasteiger partial charge on any atom is -0.327 e. The highest BCUT2D eigenvalue weighted by molar-refractivity contribution is 5.92. The zero-order valence-electron chi connectivity index (χ0n) is 11.7. The number of anilines is 1. The summed E-state index contributed by atoms with van der Waals surface area (Å²) in [5, 5.41) is 2.26. The van der Waals surface area contributed by atoms with Gasteiger partial charge in [0.25, 0.3) is 0 Å². The summed E-state index contributed by atoms with van der Waals surface area (Å²) < 4.78 is 39.3. The van der Waals surface area contributed by atoms with Gasteiger partial charge in [0.15, 0.2) is 17.5 Å². The fourth-order valence-corrected chi connectivity index (χ4v) is 2.41. The quantitative estimate of drug-likeness (QED) is 0.836. The van der Waals surface area contributed by atoms with Crippen LogP contribution < -0.4 is 11.1 Å². The fourth-order valence-electron chi connectivity index (χ4n) is 2.41. The molecular formula is C14H18F3N3O. The van der Waals surface area contributed by atoms with E-state index in [4.69, 9.17) is 5.73 Å². The summed E-state index contributed by atoms with van der Waals surface area (Å²) in [5.74, 6) is -4.47. The van der Waals surface area contributed by atoms with Gasteiger partial charge in [-0.1, -0.05) is 6.92 Å². The first-order chi connectivity index (χ1) is 9.88. The molecule has 1 fully saturated rings. The molecule has 0 aromatic heterocycles. The number of benzene rings is 1. The molecule has 2 unspecified atom stereocenters. The van der Waals surface area contributed by atoms with Gasteiger partial charge in [-0.25, -0.2) is 13.2 Å². The first kappa shape index (κ1) is 15.8. The number of likely N-dealkylation sites (tertiary alicyclic amines) is 1. The number of rotatable bonds is 3. The number of halogens is 3. The zero-order valence-corrected chi connectivity index (χ0v) is 11.7. The Morgan fingerprint density at radius 1 is 1.38 bits per heavy atom. The van der Waals surface area contributed by atoms with Crippen molar-refractivity contribution in [3.8, 4) is 0 Å². The highest BCUT2D eigenvalue weighted by Crippen LogP contribution is 2.20. The van der Waals surface area contributed by atoms with E-state index in [0.29, 0.717) is 13.1 Å². The number of nitrogens with one attached hydrogen (secondary N) is 1. The maximum Gasteiger partial charge on any atom is 0.238 e. The monoisotopic (exact) mass is 301 g/mol. The van der Waals surface area contributed by atoms with Gasteiger partial charge in [-0.05, 0) is 24.5 Å². The van der Waals surface area contributed by atoms with Crippen molar-refractivity contribution in [2.75, 3.05) is 25.0 Å². The second kappa shape index (κ2) is 6.44. The van der Waals surface area contributed by atoms with Crippen LogP contribution in [0.15, 0.2) is 12.1 Å². The van der Waals surface area contributed by atoms with E-state index in [2.05, 4.69) is 5.32 Å². The predicted octanol–water partition coefficient (Wildman–Crippen LogP) is 1.71. The van der Waals surface area contributed by atoms with Crippen molar-refractivity contribution in [1.82, 2.24) is 4.90 Å². The molecule has 1 amide bonds. The SMILES string of the molecule is CC1CN(CC(=O)Nc2ccc(F)c(F)c2F)CCC1N. The molecule has 0 saturated carbocycles. The average molecular weight is 301 g/mol. The molecule has 1 aliphatic rings. The number of nitrogens with two attached hydrogens (primary N) is 1. The molecule has 1 aromatic carbocycles. The minimum absolute atomic E-state index is 0.0650. The van der Waals surface area contributed by atoms with Gasteiger partial charge in [0.2, 0.25) is 5.91 Å². The Kier molecular flexibility index (Phi) is 4.84. The van der Waals surface area contributed by atoms with Crippen molar-refractivity contribution in [3.05, 3.63) is 29.6 Å². The molecule has 0 aliphatic carbocycles. The lowest BCUT2D eigenvalue weighted by Gasteiger charge is -2.34. The standard InChI is InChI=1S/C14H18F3N3O/c1-8-6-20(5-4-10(8)18)7-12(21)19-11-3-2-9(15)13(16)14(11)17/h2-3,8,10H,4-7,18H2,1H3,(H,19,21). The molecule has 1 aliphatic heterocycles. The molecule has 2 atom stereocenters. The Bertz CT molecular complexity index is 538. The molecule has 1 saturated heterocycles. The number of carbonyl (C=O) groups excluding carboxylic acids is 1. The normalized spacial score (nSPS) is 23.1. The van der Waals surface area contributed by atoms with Crippen LogP contribution in [0.4, 0.5) is 18.9 Å². The third-order valence-electron chi connectivity index (χ3n) is 3.73. The van der Waals surface area contributed by atoms with Gasteiger partial charge < -0.3 is 11.1 Å². The van der Waals surface area contributed by atoms with Crippen LogP contribution in [0.25, 0.3) is 0 Å². The third kappa shape index (κ3) is 3.74. The van der Waals surface area contributed by atoms with Gasteiger partial charge in [-0.15, -0.1) is 0 Å². The number of carbonyl (C=O) groups is 1. The van der Waals surface area contributed by atoms with Gasteiger partial charge in [-0.3, -0.25) is 9.69 Å². The van der Waals surface area contributed by atoms with Crippen molar-refractivity contribution in [2.24, 2.45) is 11.7 Å². The minimum atomic E-state index is -1.59. The van der Waals surface area contributed by atoms with Gasteiger partial charge in [-0.2, -0.15) is 0 Å². The van der Waals surface area contributed by atoms with Crippen molar-refractivity contribution < 1.29 is 18.0 Å². The van der Waals surface area contributed by atoms with Crippen LogP contribution in [0.3, 0.4) is 0 Å². The lowest BCUT2D eigenvalue weighted by molar-refractivity contribution is -0.117. The van der Waals surface area contributed by atoms with E-state index in [9.17, 15) is 18.0 Å². The van der Waals surface area contributed by atoms with E-state index in [-0.39, 0.29) is 24.2 Å². The molecule has 4 nitrogen and oxygen atoms in total. The van der Waals surface area contributed by atoms with Gasteiger partial charge in [0.05, 0.1) is 12.2 Å². The van der Waals surface area contributed by atoms with Crippen LogP contribution in [0.2, 0.25) is 0 Å². The van der Waals surface area contributed by atoms with Crippen LogP contribution >= 0.6 is 0 Å². The Balaban J connectivity index is 1.95. The van der Waals surface area contributed by atoms with E-state index in [0.717, 1.165) is 18.6 Å². The van der Waals surface area contributed by atoms with Gasteiger partial charge in [0.1, 0.15) is 0 Å². The molecule has 0 bridgehead atoms. The summed E-state index contributed by atoms with van der Waals surface area (Å²) in [5.41, 5.74) is 5.53. The van der Waals surface area contributed by atoms with Crippen LogP contribution in [0.5, 0.6) is 0 Å². The largest absolute Gasteiger partial charge is 0.327 e. The van der Waals surface area contributed by atoms with E-state index in [1.165, 1.54) is 0 Å². The zero-order chi connectivity index (χ0) is 15.6. The van der Waals surface area contributed by atoms with Crippen molar-refractivity contribution in [2.45, 2.75) is 19.4 Å². The van der Waals surface area contributed by atoms with Crippen molar-refractivity contribution in [1.29, 1.82) is 0 Å². The number of nitrogens with zero attached hydrogens (tertiary/aromatic N) is 1. The molecule has 2 rings (SSSR count). The van der Waals surface area contributed by atoms with Crippen LogP contribution in [0.1, 0.15) is 13.3 Å². The Labute approximate surface area is 121 Å². The van der Waals surface area contributed by atoms with Crippen molar-refractivity contribution in [3.63, 3.8) is 0 Å². The van der Waals surface area contributed by atoms with Crippen molar-refractivity contribution >= 4 is 11.6 Å². The summed E-state index contributed by atoms with van der Waals surface area (Å²) in [4.78, 5) is 13.8. The topological polar surface area (TPSA) is 58.4 Å². The summed E-state index contributed by atoms with van der Waals surface area (Å²) in [7, 11) is 0. The Morgan fingerprint density at radius 2 is 2.10 bits per heavy atom. The lowest BCUT2D eigenvalue weighted by Crippen LogP contribution is -2.48. The van der Waals surface area contributed by atoms with Crippen LogP contribution in [-0.2, 0) is 4.79 Å². The highest BCUT2D eigenvalue weighted by Gasteiger charge is 2.24. The van der Waals surface area contributed by atoms with Crippen LogP contribution in [-0.4, -0.2) is 36.5 Å². The smallest absolute Gasteiger partial charge is 0.238 e. The molecule has 1 heterocycles. The molecule has 21 heavy (non-hydrogen) atoms. The van der Waals surface area contributed by atoms with Gasteiger partial charge in [0, 0.05) is 19.1 Å². The van der Waals surface area contributed by atoms with E-state index in [1.54, 1.807) is 0 Å². The summed E-state index contributed by atoms with van der Waals surface area (Å²) in [6.07, 6.45) is 0.786. The fraction of sp³-hybridized carbons (Fsp3) is 0.500. The molecule has 1 aromatic rings. The molecule has 116 valence electrons. The summed E-state index contributed by atoms with van der Waals surface area (Å²) >= 11 is 0. The number of hydrogen-bond donors (Lipinski definition) is 2. The molecule has 7 heteroatoms. The Hall–Kier alpha value is -1.60. The van der Waals surface area contributed by atoms with E-state index in [1.807, 2.05) is 11.8 Å². The summed E-state index contributed by atoms with van der Waals surface area (Å²) in [6.45, 7) is 3.42. The number of hydrogen-bond acceptors (Lipinski definition) is 3. The maximum absolute atomic E-state index is 13.5. The maximum atomic E-state index is 13.5. The lowest BCUT2D eigenvalue weighted by atomic mass is 9.95. The first-order valence-electron chi connectivity index (χ1n) is 6.79. The van der Waals surface area contributed by atoms with Gasteiger partial charge >= 0.3 is 0 Å². The number of amides is 1.